The van der Waals surface area contributed by atoms with Crippen molar-refractivity contribution < 1.29 is 22.7 Å². The van der Waals surface area contributed by atoms with Crippen molar-refractivity contribution in [3.8, 4) is 5.75 Å². The lowest BCUT2D eigenvalue weighted by molar-refractivity contribution is -0.116. The minimum absolute atomic E-state index is 0.0168. The molecule has 0 heterocycles. The third-order valence-corrected chi connectivity index (χ3v) is 3.31. The van der Waals surface area contributed by atoms with Gasteiger partial charge in [0.15, 0.2) is 5.82 Å². The lowest BCUT2D eigenvalue weighted by Gasteiger charge is -2.08. The summed E-state index contributed by atoms with van der Waals surface area (Å²) in [5.41, 5.74) is 0.788. The highest BCUT2D eigenvalue weighted by Gasteiger charge is 2.10. The number of carbonyl (C=O) groups is 1. The molecule has 0 fully saturated rings. The molecule has 1 amide bonds. The molecule has 2 rings (SSSR count). The average molecular weight is 344 g/mol. The minimum Gasteiger partial charge on any atom is -0.435 e. The van der Waals surface area contributed by atoms with Gasteiger partial charge in [-0.05, 0) is 36.2 Å². The molecule has 0 spiro atoms. The van der Waals surface area contributed by atoms with E-state index in [0.29, 0.717) is 6.42 Å². The number of benzene rings is 2. The molecule has 0 aliphatic heterocycles. The van der Waals surface area contributed by atoms with Gasteiger partial charge in [-0.25, -0.2) is 4.39 Å². The number of hydrogen-bond acceptors (Lipinski definition) is 2. The van der Waals surface area contributed by atoms with Crippen molar-refractivity contribution in [3.63, 3.8) is 0 Å². The molecule has 0 aliphatic rings. The molecule has 122 valence electrons. The Labute approximate surface area is 136 Å². The quantitative estimate of drug-likeness (QED) is 0.829. The van der Waals surface area contributed by atoms with Crippen LogP contribution in [0, 0.1) is 5.82 Å². The zero-order chi connectivity index (χ0) is 16.8. The molecule has 2 aromatic carbocycles. The van der Waals surface area contributed by atoms with Crippen LogP contribution in [0.15, 0.2) is 42.5 Å². The summed E-state index contributed by atoms with van der Waals surface area (Å²) >= 11 is 5.63. The predicted molar refractivity (Wildman–Crippen MR) is 81.4 cm³/mol. The summed E-state index contributed by atoms with van der Waals surface area (Å²) in [6, 6.07) is 10.3. The summed E-state index contributed by atoms with van der Waals surface area (Å²) in [5.74, 6) is -1.01. The molecule has 0 aliphatic carbocycles. The maximum absolute atomic E-state index is 13.7. The first kappa shape index (κ1) is 17.1. The average Bonchev–Trinajstić information content (AvgIpc) is 2.51. The maximum Gasteiger partial charge on any atom is 0.387 e. The van der Waals surface area contributed by atoms with Crippen LogP contribution in [0.25, 0.3) is 0 Å². The van der Waals surface area contributed by atoms with Gasteiger partial charge in [-0.1, -0.05) is 29.8 Å². The highest BCUT2D eigenvalue weighted by atomic mass is 35.5. The molecule has 0 bridgehead atoms. The van der Waals surface area contributed by atoms with E-state index in [1.165, 1.54) is 30.3 Å². The number of alkyl halides is 2. The van der Waals surface area contributed by atoms with Crippen LogP contribution in [0.1, 0.15) is 12.0 Å². The summed E-state index contributed by atoms with van der Waals surface area (Å²) in [7, 11) is 0. The Morgan fingerprint density at radius 2 is 1.87 bits per heavy atom. The van der Waals surface area contributed by atoms with Gasteiger partial charge in [0.25, 0.3) is 0 Å². The predicted octanol–water partition coefficient (Wildman–Crippen LogP) is 4.65. The van der Waals surface area contributed by atoms with Crippen LogP contribution in [0.2, 0.25) is 5.02 Å². The molecule has 3 nitrogen and oxygen atoms in total. The Morgan fingerprint density at radius 3 is 2.52 bits per heavy atom. The van der Waals surface area contributed by atoms with E-state index in [4.69, 9.17) is 11.6 Å². The smallest absolute Gasteiger partial charge is 0.387 e. The van der Waals surface area contributed by atoms with Crippen LogP contribution in [-0.4, -0.2) is 12.5 Å². The number of anilines is 1. The number of halogens is 4. The molecule has 0 saturated heterocycles. The molecule has 0 unspecified atom stereocenters. The van der Waals surface area contributed by atoms with Crippen molar-refractivity contribution in [1.82, 2.24) is 0 Å². The fourth-order valence-corrected chi connectivity index (χ4v) is 2.08. The van der Waals surface area contributed by atoms with E-state index < -0.39 is 12.4 Å². The topological polar surface area (TPSA) is 38.3 Å². The third-order valence-electron chi connectivity index (χ3n) is 3.01. The van der Waals surface area contributed by atoms with Crippen molar-refractivity contribution in [2.45, 2.75) is 19.5 Å². The Kier molecular flexibility index (Phi) is 5.87. The maximum atomic E-state index is 13.7. The number of aryl methyl sites for hydroxylation is 1. The SMILES string of the molecule is O=C(CCc1ccc(OC(F)F)cc1)Nc1cccc(Cl)c1F. The number of nitrogens with one attached hydrogen (secondary N) is 1. The largest absolute Gasteiger partial charge is 0.435 e. The summed E-state index contributed by atoms with van der Waals surface area (Å²) in [6.45, 7) is -2.88. The van der Waals surface area contributed by atoms with E-state index in [-0.39, 0.29) is 28.8 Å². The van der Waals surface area contributed by atoms with Gasteiger partial charge in [-0.2, -0.15) is 8.78 Å². The first-order valence-corrected chi connectivity index (χ1v) is 7.11. The van der Waals surface area contributed by atoms with Crippen molar-refractivity contribution in [1.29, 1.82) is 0 Å². The zero-order valence-electron chi connectivity index (χ0n) is 11.9. The van der Waals surface area contributed by atoms with Crippen molar-refractivity contribution in [2.24, 2.45) is 0 Å². The fourth-order valence-electron chi connectivity index (χ4n) is 1.91. The summed E-state index contributed by atoms with van der Waals surface area (Å²) in [6.07, 6.45) is 0.490. The third kappa shape index (κ3) is 5.17. The van der Waals surface area contributed by atoms with Crippen LogP contribution >= 0.6 is 11.6 Å². The van der Waals surface area contributed by atoms with Crippen LogP contribution in [0.5, 0.6) is 5.75 Å². The van der Waals surface area contributed by atoms with Crippen molar-refractivity contribution >= 4 is 23.2 Å². The molecular formula is C16H13ClF3NO2. The molecule has 0 radical (unpaired) electrons. The van der Waals surface area contributed by atoms with Crippen LogP contribution < -0.4 is 10.1 Å². The lowest BCUT2D eigenvalue weighted by atomic mass is 10.1. The molecular weight excluding hydrogens is 331 g/mol. The van der Waals surface area contributed by atoms with E-state index in [1.807, 2.05) is 0 Å². The van der Waals surface area contributed by atoms with Crippen LogP contribution in [0.3, 0.4) is 0 Å². The number of carbonyl (C=O) groups excluding carboxylic acids is 1. The first-order chi connectivity index (χ1) is 11.0. The fraction of sp³-hybridized carbons (Fsp3) is 0.188. The second-order valence-electron chi connectivity index (χ2n) is 4.67. The van der Waals surface area contributed by atoms with E-state index >= 15 is 0 Å². The Hall–Kier alpha value is -2.21. The Bertz CT molecular complexity index is 678. The van der Waals surface area contributed by atoms with Gasteiger partial charge in [0.05, 0.1) is 10.7 Å². The monoisotopic (exact) mass is 343 g/mol. The number of hydrogen-bond donors (Lipinski definition) is 1. The molecule has 23 heavy (non-hydrogen) atoms. The standard InChI is InChI=1S/C16H13ClF3NO2/c17-12-2-1-3-13(15(12)18)21-14(22)9-6-10-4-7-11(8-5-10)23-16(19)20/h1-5,7-8,16H,6,9H2,(H,21,22). The number of amides is 1. The lowest BCUT2D eigenvalue weighted by Crippen LogP contribution is -2.13. The van der Waals surface area contributed by atoms with Crippen LogP contribution in [-0.2, 0) is 11.2 Å². The molecule has 7 heteroatoms. The zero-order valence-corrected chi connectivity index (χ0v) is 12.6. The first-order valence-electron chi connectivity index (χ1n) is 6.73. The number of rotatable bonds is 6. The second kappa shape index (κ2) is 7.87. The van der Waals surface area contributed by atoms with Crippen LogP contribution in [0.4, 0.5) is 18.9 Å². The van der Waals surface area contributed by atoms with E-state index in [1.54, 1.807) is 12.1 Å². The van der Waals surface area contributed by atoms with Gasteiger partial charge in [0, 0.05) is 6.42 Å². The highest BCUT2D eigenvalue weighted by Crippen LogP contribution is 2.22. The van der Waals surface area contributed by atoms with Gasteiger partial charge in [-0.15, -0.1) is 0 Å². The molecule has 0 atom stereocenters. The van der Waals surface area contributed by atoms with E-state index in [9.17, 15) is 18.0 Å². The van der Waals surface area contributed by atoms with E-state index in [2.05, 4.69) is 10.1 Å². The van der Waals surface area contributed by atoms with Gasteiger partial charge in [0.1, 0.15) is 5.75 Å². The summed E-state index contributed by atoms with van der Waals surface area (Å²) < 4.78 is 41.9. The van der Waals surface area contributed by atoms with Crippen molar-refractivity contribution in [3.05, 3.63) is 58.9 Å². The normalized spacial score (nSPS) is 10.7. The summed E-state index contributed by atoms with van der Waals surface area (Å²) in [4.78, 5) is 11.8. The molecule has 1 N–H and O–H groups in total. The Morgan fingerprint density at radius 1 is 1.17 bits per heavy atom. The summed E-state index contributed by atoms with van der Waals surface area (Å²) in [5, 5.41) is 2.36. The second-order valence-corrected chi connectivity index (χ2v) is 5.08. The Balaban J connectivity index is 1.88. The van der Waals surface area contributed by atoms with Gasteiger partial charge in [0.2, 0.25) is 5.91 Å². The highest BCUT2D eigenvalue weighted by molar-refractivity contribution is 6.31. The molecule has 2 aromatic rings. The van der Waals surface area contributed by atoms with Gasteiger partial charge in [-0.3, -0.25) is 4.79 Å². The van der Waals surface area contributed by atoms with Crippen molar-refractivity contribution in [2.75, 3.05) is 5.32 Å². The van der Waals surface area contributed by atoms with Gasteiger partial charge < -0.3 is 10.1 Å². The molecule has 0 saturated carbocycles. The molecule has 0 aromatic heterocycles. The van der Waals surface area contributed by atoms with E-state index in [0.717, 1.165) is 5.56 Å². The minimum atomic E-state index is -2.88. The van der Waals surface area contributed by atoms with Gasteiger partial charge >= 0.3 is 6.61 Å². The number of ether oxygens (including phenoxy) is 1.